The molecule has 0 aliphatic carbocycles. The summed E-state index contributed by atoms with van der Waals surface area (Å²) in [5, 5.41) is 0. The fourth-order valence-electron chi connectivity index (χ4n) is 3.03. The van der Waals surface area contributed by atoms with E-state index in [1.165, 1.54) is 42.8 Å². The Hall–Kier alpha value is -2.09. The molecule has 0 atom stereocenters. The molecule has 1 aromatic carbocycles. The third-order valence-electron chi connectivity index (χ3n) is 4.03. The van der Waals surface area contributed by atoms with Crippen LogP contribution in [-0.2, 0) is 0 Å². The molecule has 23 heavy (non-hydrogen) atoms. The van der Waals surface area contributed by atoms with E-state index in [0.29, 0.717) is 4.47 Å². The van der Waals surface area contributed by atoms with E-state index >= 15 is 0 Å². The second-order valence-corrected chi connectivity index (χ2v) is 6.14. The minimum atomic E-state index is -4.06. The molecule has 0 N–H and O–H groups in total. The van der Waals surface area contributed by atoms with Crippen molar-refractivity contribution in [3.8, 4) is 0 Å². The normalized spacial score (nSPS) is 18.0. The maximum absolute atomic E-state index is 14.6. The minimum absolute atomic E-state index is 0.0730. The largest absolute Gasteiger partial charge is 0.737 e. The van der Waals surface area contributed by atoms with Gasteiger partial charge in [-0.25, -0.2) is 8.78 Å². The van der Waals surface area contributed by atoms with E-state index in [4.69, 9.17) is 0 Å². The van der Waals surface area contributed by atoms with Gasteiger partial charge in [0.2, 0.25) is 0 Å². The first-order valence-corrected chi connectivity index (χ1v) is 7.60. The molecule has 3 heterocycles. The van der Waals surface area contributed by atoms with Crippen LogP contribution in [0, 0.1) is 11.6 Å². The number of hydrogen-bond donors (Lipinski definition) is 0. The Bertz CT molecular complexity index is 943. The van der Waals surface area contributed by atoms with Crippen molar-refractivity contribution in [2.75, 3.05) is 0 Å². The van der Waals surface area contributed by atoms with Crippen LogP contribution in [0.3, 0.4) is 0 Å². The lowest BCUT2D eigenvalue weighted by molar-refractivity contribution is -0.356. The summed E-state index contributed by atoms with van der Waals surface area (Å²) in [6.07, 6.45) is 5.41. The molecule has 8 heteroatoms. The summed E-state index contributed by atoms with van der Waals surface area (Å²) >= 11 is 3.20. The van der Waals surface area contributed by atoms with Gasteiger partial charge in [0.15, 0.2) is 17.3 Å². The highest BCUT2D eigenvalue weighted by Crippen LogP contribution is 2.41. The van der Waals surface area contributed by atoms with E-state index in [9.17, 15) is 17.4 Å². The number of allylic oxidation sites excluding steroid dienone is 2. The van der Waals surface area contributed by atoms with Crippen molar-refractivity contribution in [3.63, 3.8) is 0 Å². The third-order valence-corrected chi connectivity index (χ3v) is 4.69. The first-order valence-electron chi connectivity index (χ1n) is 6.80. The zero-order valence-corrected chi connectivity index (χ0v) is 13.1. The predicted octanol–water partition coefficient (Wildman–Crippen LogP) is 4.18. The zero-order valence-electron chi connectivity index (χ0n) is 11.5. The Morgan fingerprint density at radius 3 is 2.70 bits per heavy atom. The molecule has 0 unspecified atom stereocenters. The molecular formula is C15H8BBrF4N2. The average Bonchev–Trinajstić information content (AvgIpc) is 3.16. The highest BCUT2D eigenvalue weighted by atomic mass is 79.9. The maximum atomic E-state index is 14.6. The topological polar surface area (TPSA) is 7.94 Å². The van der Waals surface area contributed by atoms with Crippen molar-refractivity contribution >= 4 is 34.7 Å². The van der Waals surface area contributed by atoms with Gasteiger partial charge in [-0.2, -0.15) is 0 Å². The van der Waals surface area contributed by atoms with Crippen molar-refractivity contribution in [2.45, 2.75) is 0 Å². The number of rotatable bonds is 1. The molecule has 0 saturated heterocycles. The van der Waals surface area contributed by atoms with Gasteiger partial charge in [-0.05, 0) is 30.5 Å². The van der Waals surface area contributed by atoms with Gasteiger partial charge in [0.1, 0.15) is 6.21 Å². The van der Waals surface area contributed by atoms with Crippen molar-refractivity contribution < 1.29 is 21.9 Å². The molecule has 0 spiro atoms. The Labute approximate surface area is 137 Å². The van der Waals surface area contributed by atoms with E-state index in [-0.39, 0.29) is 22.5 Å². The lowest BCUT2D eigenvalue weighted by Crippen LogP contribution is -2.49. The van der Waals surface area contributed by atoms with Crippen LogP contribution in [0.2, 0.25) is 0 Å². The number of halogens is 5. The lowest BCUT2D eigenvalue weighted by atomic mass is 9.86. The van der Waals surface area contributed by atoms with Crippen LogP contribution in [-0.4, -0.2) is 22.1 Å². The van der Waals surface area contributed by atoms with E-state index in [2.05, 4.69) is 15.9 Å². The van der Waals surface area contributed by atoms with Gasteiger partial charge in [0, 0.05) is 27.9 Å². The molecule has 4 rings (SSSR count). The predicted molar refractivity (Wildman–Crippen MR) is 83.3 cm³/mol. The molecule has 0 saturated carbocycles. The van der Waals surface area contributed by atoms with Gasteiger partial charge in [0.05, 0.1) is 5.57 Å². The van der Waals surface area contributed by atoms with Crippen molar-refractivity contribution in [2.24, 2.45) is 0 Å². The summed E-state index contributed by atoms with van der Waals surface area (Å²) in [7, 11) is 0. The van der Waals surface area contributed by atoms with Crippen molar-refractivity contribution in [1.29, 1.82) is 0 Å². The Morgan fingerprint density at radius 2 is 1.91 bits per heavy atom. The van der Waals surface area contributed by atoms with Crippen LogP contribution in [0.1, 0.15) is 11.3 Å². The molecule has 0 amide bonds. The van der Waals surface area contributed by atoms with Crippen LogP contribution in [0.15, 0.2) is 52.8 Å². The van der Waals surface area contributed by atoms with Gasteiger partial charge in [-0.3, -0.25) is 0 Å². The third kappa shape index (κ3) is 1.84. The molecule has 1 aromatic heterocycles. The van der Waals surface area contributed by atoms with E-state index < -0.39 is 18.6 Å². The molecule has 0 radical (unpaired) electrons. The number of aromatic nitrogens is 1. The monoisotopic (exact) mass is 382 g/mol. The molecule has 2 aliphatic heterocycles. The van der Waals surface area contributed by atoms with Gasteiger partial charge < -0.3 is 17.6 Å². The summed E-state index contributed by atoms with van der Waals surface area (Å²) in [6.45, 7) is -4.06. The van der Waals surface area contributed by atoms with Crippen LogP contribution < -0.4 is 0 Å². The second-order valence-electron chi connectivity index (χ2n) is 5.28. The van der Waals surface area contributed by atoms with Crippen LogP contribution in [0.5, 0.6) is 0 Å². The fraction of sp³-hybridized carbons (Fsp3) is 0. The molecule has 0 fully saturated rings. The number of nitrogens with zero attached hydrogens (tertiary/aromatic N) is 2. The maximum Gasteiger partial charge on any atom is 0.737 e. The summed E-state index contributed by atoms with van der Waals surface area (Å²) in [5.74, 6) is -2.11. The highest BCUT2D eigenvalue weighted by Gasteiger charge is 2.51. The summed E-state index contributed by atoms with van der Waals surface area (Å²) < 4.78 is 59.3. The molecule has 2 aromatic rings. The van der Waals surface area contributed by atoms with Gasteiger partial charge in [-0.1, -0.05) is 15.9 Å². The fourth-order valence-corrected chi connectivity index (χ4v) is 3.54. The first-order chi connectivity index (χ1) is 10.9. The lowest BCUT2D eigenvalue weighted by Gasteiger charge is -2.31. The number of hydrogen-bond acceptors (Lipinski definition) is 0. The minimum Gasteiger partial charge on any atom is -0.396 e. The van der Waals surface area contributed by atoms with Gasteiger partial charge in [0.25, 0.3) is 0 Å². The van der Waals surface area contributed by atoms with E-state index in [1.54, 1.807) is 0 Å². The molecule has 0 bridgehead atoms. The first kappa shape index (κ1) is 14.5. The second kappa shape index (κ2) is 4.70. The smallest absolute Gasteiger partial charge is 0.396 e. The van der Waals surface area contributed by atoms with Crippen LogP contribution in [0.25, 0.3) is 5.57 Å². The van der Waals surface area contributed by atoms with E-state index in [0.717, 1.165) is 15.0 Å². The molecule has 2 nitrogen and oxygen atoms in total. The van der Waals surface area contributed by atoms with Crippen LogP contribution in [0.4, 0.5) is 17.4 Å². The number of benzene rings is 1. The quantitative estimate of drug-likeness (QED) is 0.397. The zero-order chi connectivity index (χ0) is 16.4. The highest BCUT2D eigenvalue weighted by molar-refractivity contribution is 9.10. The molecule has 2 aliphatic rings. The Morgan fingerprint density at radius 1 is 1.13 bits per heavy atom. The molecular weight excluding hydrogens is 375 g/mol. The Balaban J connectivity index is 2.13. The van der Waals surface area contributed by atoms with Crippen LogP contribution >= 0.6 is 15.9 Å². The van der Waals surface area contributed by atoms with Gasteiger partial charge in [-0.15, -0.1) is 0 Å². The number of fused-ring (bicyclic) bond motifs is 2. The summed E-state index contributed by atoms with van der Waals surface area (Å²) in [6, 6.07) is 5.28. The van der Waals surface area contributed by atoms with E-state index in [1.807, 2.05) is 0 Å². The average molecular weight is 383 g/mol. The van der Waals surface area contributed by atoms with Gasteiger partial charge >= 0.3 is 6.97 Å². The SMILES string of the molecule is Fc1ccc(Br)c(C2=C3C=CC=[N+]3[B-](F)(F)n3cccc32)c1F. The standard InChI is InChI=1S/C15H8BBrF4N2/c17-9-5-6-10(18)15(19)13(9)14-11-3-1-7-22(11)16(20,21)23-8-2-4-12(14)23/h1-8H. The van der Waals surface area contributed by atoms with Crippen molar-refractivity contribution in [1.82, 2.24) is 4.48 Å². The summed E-state index contributed by atoms with van der Waals surface area (Å²) in [5.41, 5.74) is 0.436. The van der Waals surface area contributed by atoms with Crippen molar-refractivity contribution in [3.05, 3.63) is 75.7 Å². The summed E-state index contributed by atoms with van der Waals surface area (Å²) in [4.78, 5) is 0. The Kier molecular flexibility index (Phi) is 2.97. The molecule has 116 valence electrons.